The summed E-state index contributed by atoms with van der Waals surface area (Å²) in [6.07, 6.45) is 3.28. The SMILES string of the molecule is CN(CCc1ccc(Br)s1)C(=O)C1(C#N)CCC1. The Labute approximate surface area is 120 Å². The molecule has 0 atom stereocenters. The molecule has 1 fully saturated rings. The first-order valence-electron chi connectivity index (χ1n) is 5.98. The molecule has 0 aliphatic heterocycles. The van der Waals surface area contributed by atoms with E-state index in [1.807, 2.05) is 6.07 Å². The van der Waals surface area contributed by atoms with Gasteiger partial charge in [0.15, 0.2) is 0 Å². The van der Waals surface area contributed by atoms with Crippen LogP contribution in [0, 0.1) is 16.7 Å². The minimum absolute atomic E-state index is 0.00753. The first-order valence-corrected chi connectivity index (χ1v) is 7.59. The number of nitriles is 1. The van der Waals surface area contributed by atoms with Gasteiger partial charge < -0.3 is 4.90 Å². The highest BCUT2D eigenvalue weighted by molar-refractivity contribution is 9.11. The molecule has 0 N–H and O–H groups in total. The Kier molecular flexibility index (Phi) is 4.08. The van der Waals surface area contributed by atoms with Crippen molar-refractivity contribution in [1.82, 2.24) is 4.90 Å². The van der Waals surface area contributed by atoms with Crippen molar-refractivity contribution in [2.75, 3.05) is 13.6 Å². The molecule has 3 nitrogen and oxygen atoms in total. The Hall–Kier alpha value is -0.860. The molecule has 0 spiro atoms. The molecule has 0 bridgehead atoms. The zero-order valence-corrected chi connectivity index (χ0v) is 12.7. The Morgan fingerprint density at radius 1 is 1.61 bits per heavy atom. The zero-order chi connectivity index (χ0) is 13.2. The molecule has 0 saturated heterocycles. The van der Waals surface area contributed by atoms with Crippen LogP contribution in [0.2, 0.25) is 0 Å². The molecule has 2 rings (SSSR count). The molecule has 5 heteroatoms. The lowest BCUT2D eigenvalue weighted by Gasteiger charge is -2.36. The summed E-state index contributed by atoms with van der Waals surface area (Å²) in [5.41, 5.74) is -0.717. The molecule has 1 aromatic heterocycles. The van der Waals surface area contributed by atoms with Gasteiger partial charge in [-0.2, -0.15) is 5.26 Å². The van der Waals surface area contributed by atoms with Crippen LogP contribution in [-0.2, 0) is 11.2 Å². The predicted octanol–water partition coefficient (Wildman–Crippen LogP) is 3.21. The van der Waals surface area contributed by atoms with Gasteiger partial charge in [0.05, 0.1) is 9.86 Å². The largest absolute Gasteiger partial charge is 0.344 e. The zero-order valence-electron chi connectivity index (χ0n) is 10.3. The third-order valence-electron chi connectivity index (χ3n) is 3.50. The number of likely N-dealkylation sites (N-methyl/N-ethyl adjacent to an activating group) is 1. The maximum absolute atomic E-state index is 12.2. The first kappa shape index (κ1) is 13.6. The molecule has 1 amide bonds. The maximum atomic E-state index is 12.2. The van der Waals surface area contributed by atoms with Gasteiger partial charge in [-0.1, -0.05) is 0 Å². The summed E-state index contributed by atoms with van der Waals surface area (Å²) in [6, 6.07) is 6.29. The van der Waals surface area contributed by atoms with E-state index in [0.717, 1.165) is 29.5 Å². The molecule has 0 aromatic carbocycles. The van der Waals surface area contributed by atoms with Gasteiger partial charge in [0.2, 0.25) is 5.91 Å². The summed E-state index contributed by atoms with van der Waals surface area (Å²) < 4.78 is 1.11. The average molecular weight is 327 g/mol. The van der Waals surface area contributed by atoms with Gasteiger partial charge in [0.25, 0.3) is 0 Å². The molecule has 0 unspecified atom stereocenters. The maximum Gasteiger partial charge on any atom is 0.242 e. The number of amides is 1. The second-order valence-electron chi connectivity index (χ2n) is 4.73. The second kappa shape index (κ2) is 5.41. The summed E-state index contributed by atoms with van der Waals surface area (Å²) in [5, 5.41) is 9.14. The van der Waals surface area contributed by atoms with Crippen molar-refractivity contribution < 1.29 is 4.79 Å². The molecule has 96 valence electrons. The van der Waals surface area contributed by atoms with Crippen molar-refractivity contribution >= 4 is 33.2 Å². The summed E-state index contributed by atoms with van der Waals surface area (Å²) in [5.74, 6) is -0.00753. The normalized spacial score (nSPS) is 16.7. The number of hydrogen-bond donors (Lipinski definition) is 0. The van der Waals surface area contributed by atoms with Crippen LogP contribution in [0.5, 0.6) is 0 Å². The van der Waals surface area contributed by atoms with Crippen molar-refractivity contribution in [1.29, 1.82) is 5.26 Å². The molecule has 0 radical (unpaired) electrons. The van der Waals surface area contributed by atoms with Crippen LogP contribution in [0.25, 0.3) is 0 Å². The number of thiophene rings is 1. The van der Waals surface area contributed by atoms with Crippen molar-refractivity contribution in [3.05, 3.63) is 20.8 Å². The molecule has 1 aliphatic carbocycles. The van der Waals surface area contributed by atoms with E-state index in [4.69, 9.17) is 5.26 Å². The lowest BCUT2D eigenvalue weighted by atomic mass is 9.69. The van der Waals surface area contributed by atoms with Gasteiger partial charge >= 0.3 is 0 Å². The molecular weight excluding hydrogens is 312 g/mol. The van der Waals surface area contributed by atoms with Crippen molar-refractivity contribution in [2.45, 2.75) is 25.7 Å². The van der Waals surface area contributed by atoms with E-state index in [1.54, 1.807) is 23.3 Å². The van der Waals surface area contributed by atoms with Gasteiger partial charge in [-0.05, 0) is 53.7 Å². The van der Waals surface area contributed by atoms with Crippen LogP contribution in [0.3, 0.4) is 0 Å². The van der Waals surface area contributed by atoms with E-state index in [-0.39, 0.29) is 5.91 Å². The third kappa shape index (κ3) is 2.60. The molecule has 1 heterocycles. The first-order chi connectivity index (χ1) is 8.57. The number of rotatable bonds is 4. The Morgan fingerprint density at radius 3 is 2.78 bits per heavy atom. The van der Waals surface area contributed by atoms with Crippen LogP contribution in [-0.4, -0.2) is 24.4 Å². The number of halogens is 1. The summed E-state index contributed by atoms with van der Waals surface area (Å²) >= 11 is 5.11. The van der Waals surface area contributed by atoms with Gasteiger partial charge in [-0.15, -0.1) is 11.3 Å². The van der Waals surface area contributed by atoms with E-state index in [0.29, 0.717) is 6.54 Å². The Balaban J connectivity index is 1.90. The highest BCUT2D eigenvalue weighted by Gasteiger charge is 2.45. The molecule has 18 heavy (non-hydrogen) atoms. The smallest absolute Gasteiger partial charge is 0.242 e. The highest BCUT2D eigenvalue weighted by atomic mass is 79.9. The second-order valence-corrected chi connectivity index (χ2v) is 7.28. The van der Waals surface area contributed by atoms with Crippen LogP contribution < -0.4 is 0 Å². The number of carbonyl (C=O) groups is 1. The van der Waals surface area contributed by atoms with Gasteiger partial charge in [-0.3, -0.25) is 4.79 Å². The minimum Gasteiger partial charge on any atom is -0.344 e. The van der Waals surface area contributed by atoms with Crippen molar-refractivity contribution in [3.8, 4) is 6.07 Å². The fourth-order valence-corrected chi connectivity index (χ4v) is 3.61. The van der Waals surface area contributed by atoms with Crippen LogP contribution >= 0.6 is 27.3 Å². The topological polar surface area (TPSA) is 44.1 Å². The van der Waals surface area contributed by atoms with E-state index in [2.05, 4.69) is 28.1 Å². The summed E-state index contributed by atoms with van der Waals surface area (Å²) in [4.78, 5) is 15.2. The minimum atomic E-state index is -0.717. The van der Waals surface area contributed by atoms with Crippen LogP contribution in [0.4, 0.5) is 0 Å². The van der Waals surface area contributed by atoms with Crippen molar-refractivity contribution in [2.24, 2.45) is 5.41 Å². The fourth-order valence-electron chi connectivity index (χ4n) is 2.13. The third-order valence-corrected chi connectivity index (χ3v) is 5.18. The van der Waals surface area contributed by atoms with Gasteiger partial charge in [0, 0.05) is 18.5 Å². The van der Waals surface area contributed by atoms with E-state index >= 15 is 0 Å². The fraction of sp³-hybridized carbons (Fsp3) is 0.538. The molecule has 1 aliphatic rings. The summed E-state index contributed by atoms with van der Waals surface area (Å²) in [6.45, 7) is 0.676. The lowest BCUT2D eigenvalue weighted by Crippen LogP contribution is -2.46. The van der Waals surface area contributed by atoms with Crippen LogP contribution in [0.15, 0.2) is 15.9 Å². The van der Waals surface area contributed by atoms with E-state index < -0.39 is 5.41 Å². The Bertz CT molecular complexity index is 487. The monoisotopic (exact) mass is 326 g/mol. The quantitative estimate of drug-likeness (QED) is 0.852. The number of nitrogens with zero attached hydrogens (tertiary/aromatic N) is 2. The standard InChI is InChI=1S/C13H15BrN2OS/c1-16(8-5-10-3-4-11(14)18-10)12(17)13(9-15)6-2-7-13/h3-4H,2,5-8H2,1H3. The Morgan fingerprint density at radius 2 is 2.33 bits per heavy atom. The number of hydrogen-bond acceptors (Lipinski definition) is 3. The highest BCUT2D eigenvalue weighted by Crippen LogP contribution is 2.41. The molecule has 1 saturated carbocycles. The van der Waals surface area contributed by atoms with E-state index in [1.165, 1.54) is 4.88 Å². The van der Waals surface area contributed by atoms with E-state index in [9.17, 15) is 4.79 Å². The lowest BCUT2D eigenvalue weighted by molar-refractivity contribution is -0.141. The van der Waals surface area contributed by atoms with Crippen molar-refractivity contribution in [3.63, 3.8) is 0 Å². The van der Waals surface area contributed by atoms with Gasteiger partial charge in [-0.25, -0.2) is 0 Å². The van der Waals surface area contributed by atoms with Crippen LogP contribution in [0.1, 0.15) is 24.1 Å². The summed E-state index contributed by atoms with van der Waals surface area (Å²) in [7, 11) is 1.79. The number of carbonyl (C=O) groups excluding carboxylic acids is 1. The molecular formula is C13H15BrN2OS. The average Bonchev–Trinajstić information content (AvgIpc) is 2.71. The van der Waals surface area contributed by atoms with Gasteiger partial charge in [0.1, 0.15) is 5.41 Å². The predicted molar refractivity (Wildman–Crippen MR) is 75.3 cm³/mol. The molecule has 1 aromatic rings.